The van der Waals surface area contributed by atoms with Crippen LogP contribution in [-0.2, 0) is 9.53 Å². The molecule has 2 heterocycles. The maximum absolute atomic E-state index is 11.9. The fraction of sp³-hybridized carbons (Fsp3) is 0. The average Bonchev–Trinajstić information content (AvgIpc) is 2.90. The second-order valence-corrected chi connectivity index (χ2v) is 5.50. The van der Waals surface area contributed by atoms with Gasteiger partial charge in [0.25, 0.3) is 5.69 Å². The number of nitrogens with zero attached hydrogens (tertiary/aromatic N) is 3. The van der Waals surface area contributed by atoms with E-state index in [0.29, 0.717) is 10.7 Å². The number of pyridine rings is 1. The van der Waals surface area contributed by atoms with E-state index < -0.39 is 10.9 Å². The number of carbonyl (C=O) groups excluding carboxylic acids is 1. The zero-order valence-corrected chi connectivity index (χ0v) is 13.3. The smallest absolute Gasteiger partial charge is 0.363 e. The predicted octanol–water partition coefficient (Wildman–Crippen LogP) is 3.64. The topological polar surface area (TPSA) is 94.7 Å². The normalized spacial score (nSPS) is 15.3. The highest BCUT2D eigenvalue weighted by molar-refractivity contribution is 6.32. The third-order valence-electron chi connectivity index (χ3n) is 3.04. The molecule has 3 rings (SSSR count). The molecular formula is C15H7Cl2N3O4. The van der Waals surface area contributed by atoms with E-state index in [-0.39, 0.29) is 27.9 Å². The highest BCUT2D eigenvalue weighted by Gasteiger charge is 2.25. The van der Waals surface area contributed by atoms with Crippen LogP contribution in [-0.4, -0.2) is 21.8 Å². The zero-order valence-electron chi connectivity index (χ0n) is 11.8. The van der Waals surface area contributed by atoms with Crippen molar-refractivity contribution in [3.8, 4) is 0 Å². The Hall–Kier alpha value is -2.77. The van der Waals surface area contributed by atoms with E-state index >= 15 is 0 Å². The SMILES string of the molecule is O=C1OC(c2cc(Cl)ccn2)=N/C1=C\c1cc([N+](=O)[O-])ccc1Cl. The number of benzene rings is 1. The van der Waals surface area contributed by atoms with Crippen LogP contribution in [0.3, 0.4) is 0 Å². The number of nitro benzene ring substituents is 1. The molecule has 0 saturated carbocycles. The molecule has 24 heavy (non-hydrogen) atoms. The summed E-state index contributed by atoms with van der Waals surface area (Å²) in [6.45, 7) is 0. The number of nitro groups is 1. The Morgan fingerprint density at radius 3 is 2.71 bits per heavy atom. The fourth-order valence-electron chi connectivity index (χ4n) is 1.94. The Bertz CT molecular complexity index is 925. The van der Waals surface area contributed by atoms with Crippen LogP contribution in [0.25, 0.3) is 6.08 Å². The third-order valence-corrected chi connectivity index (χ3v) is 3.62. The largest absolute Gasteiger partial charge is 0.400 e. The van der Waals surface area contributed by atoms with Crippen molar-refractivity contribution in [2.24, 2.45) is 4.99 Å². The number of halogens is 2. The number of cyclic esters (lactones) is 1. The number of aromatic nitrogens is 1. The molecule has 1 aliphatic heterocycles. The summed E-state index contributed by atoms with van der Waals surface area (Å²) in [5.41, 5.74) is 0.374. The molecule has 1 aromatic carbocycles. The van der Waals surface area contributed by atoms with E-state index in [4.69, 9.17) is 27.9 Å². The van der Waals surface area contributed by atoms with Gasteiger partial charge in [-0.05, 0) is 24.3 Å². The molecule has 120 valence electrons. The van der Waals surface area contributed by atoms with Gasteiger partial charge in [0.05, 0.1) is 4.92 Å². The first-order valence-corrected chi connectivity index (χ1v) is 7.28. The quantitative estimate of drug-likeness (QED) is 0.359. The Balaban J connectivity index is 2.00. The van der Waals surface area contributed by atoms with E-state index in [2.05, 4.69) is 9.98 Å². The van der Waals surface area contributed by atoms with Gasteiger partial charge >= 0.3 is 5.97 Å². The van der Waals surface area contributed by atoms with Gasteiger partial charge in [0.1, 0.15) is 5.69 Å². The maximum atomic E-state index is 11.9. The van der Waals surface area contributed by atoms with Gasteiger partial charge in [-0.2, -0.15) is 0 Å². The Labute approximate surface area is 145 Å². The summed E-state index contributed by atoms with van der Waals surface area (Å²) < 4.78 is 5.05. The van der Waals surface area contributed by atoms with Gasteiger partial charge in [-0.15, -0.1) is 0 Å². The Kier molecular flexibility index (Phi) is 4.28. The number of non-ortho nitro benzene ring substituents is 1. The lowest BCUT2D eigenvalue weighted by molar-refractivity contribution is -0.384. The van der Waals surface area contributed by atoms with Crippen LogP contribution in [0.15, 0.2) is 47.2 Å². The first kappa shape index (κ1) is 16.1. The van der Waals surface area contributed by atoms with Crippen molar-refractivity contribution in [3.05, 3.63) is 73.6 Å². The molecule has 2 aromatic rings. The van der Waals surface area contributed by atoms with Gasteiger partial charge in [-0.3, -0.25) is 15.1 Å². The number of rotatable bonds is 3. The van der Waals surface area contributed by atoms with Crippen LogP contribution >= 0.6 is 23.2 Å². The lowest BCUT2D eigenvalue weighted by Crippen LogP contribution is -2.07. The van der Waals surface area contributed by atoms with Gasteiger partial charge in [-0.25, -0.2) is 9.79 Å². The lowest BCUT2D eigenvalue weighted by Gasteiger charge is -1.98. The number of aliphatic imine (C=N–C) groups is 1. The van der Waals surface area contributed by atoms with Crippen molar-refractivity contribution >= 4 is 46.8 Å². The summed E-state index contributed by atoms with van der Waals surface area (Å²) in [5, 5.41) is 11.5. The molecule has 0 amide bonds. The minimum absolute atomic E-state index is 0.00435. The monoisotopic (exact) mass is 363 g/mol. The van der Waals surface area contributed by atoms with Gasteiger partial charge in [0.15, 0.2) is 5.70 Å². The van der Waals surface area contributed by atoms with Crippen molar-refractivity contribution in [2.75, 3.05) is 0 Å². The number of hydrogen-bond acceptors (Lipinski definition) is 6. The van der Waals surface area contributed by atoms with Crippen LogP contribution in [0, 0.1) is 10.1 Å². The van der Waals surface area contributed by atoms with E-state index in [0.717, 1.165) is 0 Å². The molecule has 1 aliphatic rings. The summed E-state index contributed by atoms with van der Waals surface area (Å²) in [6, 6.07) is 6.95. The summed E-state index contributed by atoms with van der Waals surface area (Å²) in [6.07, 6.45) is 2.77. The van der Waals surface area contributed by atoms with Crippen molar-refractivity contribution in [1.82, 2.24) is 4.98 Å². The van der Waals surface area contributed by atoms with E-state index in [1.165, 1.54) is 36.5 Å². The summed E-state index contributed by atoms with van der Waals surface area (Å²) in [7, 11) is 0. The van der Waals surface area contributed by atoms with Crippen LogP contribution < -0.4 is 0 Å². The first-order chi connectivity index (χ1) is 11.4. The molecule has 0 fully saturated rings. The zero-order chi connectivity index (χ0) is 17.3. The predicted molar refractivity (Wildman–Crippen MR) is 88.0 cm³/mol. The number of ether oxygens (including phenoxy) is 1. The standard InChI is InChI=1S/C15H7Cl2N3O4/c16-9-3-4-18-12(7-9)14-19-13(15(21)24-14)6-8-5-10(20(22)23)1-2-11(8)17/h1-7H/b13-6-. The number of hydrogen-bond donors (Lipinski definition) is 0. The van der Waals surface area contributed by atoms with E-state index in [1.54, 1.807) is 6.07 Å². The lowest BCUT2D eigenvalue weighted by atomic mass is 10.1. The van der Waals surface area contributed by atoms with Gasteiger partial charge in [0, 0.05) is 33.9 Å². The van der Waals surface area contributed by atoms with E-state index in [1.807, 2.05) is 0 Å². The molecule has 0 bridgehead atoms. The molecule has 0 saturated heterocycles. The summed E-state index contributed by atoms with van der Waals surface area (Å²) in [4.78, 5) is 30.3. The van der Waals surface area contributed by atoms with Crippen molar-refractivity contribution in [3.63, 3.8) is 0 Å². The third kappa shape index (κ3) is 3.27. The molecule has 0 spiro atoms. The molecule has 7 nitrogen and oxygen atoms in total. The molecule has 0 N–H and O–H groups in total. The first-order valence-electron chi connectivity index (χ1n) is 6.52. The van der Waals surface area contributed by atoms with Gasteiger partial charge in [-0.1, -0.05) is 23.2 Å². The second kappa shape index (κ2) is 6.38. The average molecular weight is 364 g/mol. The highest BCUT2D eigenvalue weighted by atomic mass is 35.5. The summed E-state index contributed by atoms with van der Waals surface area (Å²) >= 11 is 11.9. The minimum atomic E-state index is -0.714. The minimum Gasteiger partial charge on any atom is -0.400 e. The van der Waals surface area contributed by atoms with Crippen molar-refractivity contribution in [1.29, 1.82) is 0 Å². The van der Waals surface area contributed by atoms with Crippen LogP contribution in [0.1, 0.15) is 11.3 Å². The van der Waals surface area contributed by atoms with Crippen molar-refractivity contribution in [2.45, 2.75) is 0 Å². The molecule has 0 aliphatic carbocycles. The molecule has 0 radical (unpaired) electrons. The summed E-state index contributed by atoms with van der Waals surface area (Å²) in [5.74, 6) is -0.718. The molecule has 1 aromatic heterocycles. The van der Waals surface area contributed by atoms with E-state index in [9.17, 15) is 14.9 Å². The molecular weight excluding hydrogens is 357 g/mol. The van der Waals surface area contributed by atoms with Gasteiger partial charge < -0.3 is 4.74 Å². The van der Waals surface area contributed by atoms with Gasteiger partial charge in [0.2, 0.25) is 5.90 Å². The van der Waals surface area contributed by atoms with Crippen LogP contribution in [0.5, 0.6) is 0 Å². The number of carbonyl (C=O) groups is 1. The highest BCUT2D eigenvalue weighted by Crippen LogP contribution is 2.26. The Morgan fingerprint density at radius 2 is 2.00 bits per heavy atom. The number of esters is 1. The van der Waals surface area contributed by atoms with Crippen LogP contribution in [0.4, 0.5) is 5.69 Å². The Morgan fingerprint density at radius 1 is 1.21 bits per heavy atom. The fourth-order valence-corrected chi connectivity index (χ4v) is 2.27. The second-order valence-electron chi connectivity index (χ2n) is 4.66. The van der Waals surface area contributed by atoms with Crippen molar-refractivity contribution < 1.29 is 14.5 Å². The molecule has 0 atom stereocenters. The molecule has 0 unspecified atom stereocenters. The molecule has 9 heteroatoms. The maximum Gasteiger partial charge on any atom is 0.363 e. The van der Waals surface area contributed by atoms with Crippen LogP contribution in [0.2, 0.25) is 10.0 Å².